The van der Waals surface area contributed by atoms with Crippen LogP contribution in [0.3, 0.4) is 0 Å². The number of hydrogen-bond donors (Lipinski definition) is 1. The fourth-order valence-corrected chi connectivity index (χ4v) is 3.42. The number of hydrogen-bond acceptors (Lipinski definition) is 3. The first-order valence-electron chi connectivity index (χ1n) is 7.79. The summed E-state index contributed by atoms with van der Waals surface area (Å²) < 4.78 is 5.36. The third-order valence-corrected chi connectivity index (χ3v) is 4.78. The molecule has 2 fully saturated rings. The summed E-state index contributed by atoms with van der Waals surface area (Å²) in [5.41, 5.74) is 5.85. The lowest BCUT2D eigenvalue weighted by Crippen LogP contribution is -2.51. The van der Waals surface area contributed by atoms with Crippen LogP contribution in [0.2, 0.25) is 0 Å². The van der Waals surface area contributed by atoms with Crippen molar-refractivity contribution in [2.45, 2.75) is 51.5 Å². The van der Waals surface area contributed by atoms with Crippen LogP contribution in [0, 0.1) is 11.8 Å². The molecule has 20 heavy (non-hydrogen) atoms. The Balaban J connectivity index is 0.00000200. The molecule has 1 amide bonds. The molecule has 118 valence electrons. The summed E-state index contributed by atoms with van der Waals surface area (Å²) in [6.45, 7) is 5.45. The van der Waals surface area contributed by atoms with E-state index in [0.29, 0.717) is 30.7 Å². The van der Waals surface area contributed by atoms with Gasteiger partial charge in [0, 0.05) is 38.8 Å². The number of rotatable bonds is 4. The zero-order valence-electron chi connectivity index (χ0n) is 12.6. The molecule has 2 aliphatic rings. The van der Waals surface area contributed by atoms with Crippen LogP contribution in [0.1, 0.15) is 45.4 Å². The maximum atomic E-state index is 12.4. The molecule has 0 saturated carbocycles. The van der Waals surface area contributed by atoms with E-state index in [-0.39, 0.29) is 18.4 Å². The summed E-state index contributed by atoms with van der Waals surface area (Å²) in [5.74, 6) is 1.54. The van der Waals surface area contributed by atoms with Gasteiger partial charge in [-0.2, -0.15) is 0 Å². The van der Waals surface area contributed by atoms with E-state index in [4.69, 9.17) is 10.5 Å². The van der Waals surface area contributed by atoms with Crippen molar-refractivity contribution in [2.75, 3.05) is 26.3 Å². The molecule has 2 unspecified atom stereocenters. The molecular weight excluding hydrogens is 276 g/mol. The number of piperidine rings is 1. The van der Waals surface area contributed by atoms with Crippen LogP contribution in [-0.2, 0) is 9.53 Å². The van der Waals surface area contributed by atoms with Crippen LogP contribution in [0.5, 0.6) is 0 Å². The Labute approximate surface area is 128 Å². The summed E-state index contributed by atoms with van der Waals surface area (Å²) in [6.07, 6.45) is 6.26. The van der Waals surface area contributed by atoms with Gasteiger partial charge in [0.2, 0.25) is 5.91 Å². The molecule has 2 N–H and O–H groups in total. The van der Waals surface area contributed by atoms with Gasteiger partial charge >= 0.3 is 0 Å². The molecule has 0 aliphatic carbocycles. The monoisotopic (exact) mass is 304 g/mol. The van der Waals surface area contributed by atoms with Gasteiger partial charge in [-0.25, -0.2) is 0 Å². The molecule has 2 atom stereocenters. The average Bonchev–Trinajstić information content (AvgIpc) is 2.45. The van der Waals surface area contributed by atoms with Crippen LogP contribution in [0.4, 0.5) is 0 Å². The summed E-state index contributed by atoms with van der Waals surface area (Å²) >= 11 is 0. The van der Waals surface area contributed by atoms with Gasteiger partial charge in [-0.15, -0.1) is 12.4 Å². The zero-order valence-corrected chi connectivity index (χ0v) is 13.4. The van der Waals surface area contributed by atoms with Gasteiger partial charge in [0.15, 0.2) is 0 Å². The van der Waals surface area contributed by atoms with Gasteiger partial charge in [0.25, 0.3) is 0 Å². The van der Waals surface area contributed by atoms with Crippen LogP contribution in [0.15, 0.2) is 0 Å². The molecule has 2 heterocycles. The highest BCUT2D eigenvalue weighted by Crippen LogP contribution is 2.25. The molecule has 0 aromatic rings. The van der Waals surface area contributed by atoms with Crippen molar-refractivity contribution < 1.29 is 9.53 Å². The second-order valence-electron chi connectivity index (χ2n) is 6.10. The maximum Gasteiger partial charge on any atom is 0.222 e. The van der Waals surface area contributed by atoms with E-state index < -0.39 is 0 Å². The predicted molar refractivity (Wildman–Crippen MR) is 83.0 cm³/mol. The van der Waals surface area contributed by atoms with Gasteiger partial charge in [-0.1, -0.05) is 6.92 Å². The number of nitrogens with two attached hydrogens (primary N) is 1. The fraction of sp³-hybridized carbons (Fsp3) is 0.933. The minimum absolute atomic E-state index is 0. The van der Waals surface area contributed by atoms with Crippen molar-refractivity contribution in [1.82, 2.24) is 4.90 Å². The normalized spacial score (nSPS) is 28.0. The minimum Gasteiger partial charge on any atom is -0.381 e. The molecule has 2 aliphatic heterocycles. The highest BCUT2D eigenvalue weighted by Gasteiger charge is 2.30. The standard InChI is InChI=1S/C15H28N2O2.ClH/c1-12-3-2-8-17(14(12)11-16)15(18)5-4-13-6-9-19-10-7-13;/h12-14H,2-11,16H2,1H3;1H. The molecule has 0 radical (unpaired) electrons. The first kappa shape index (κ1) is 17.7. The van der Waals surface area contributed by atoms with Gasteiger partial charge < -0.3 is 15.4 Å². The van der Waals surface area contributed by atoms with Crippen LogP contribution in [-0.4, -0.2) is 43.2 Å². The molecule has 0 bridgehead atoms. The summed E-state index contributed by atoms with van der Waals surface area (Å²) in [4.78, 5) is 14.4. The smallest absolute Gasteiger partial charge is 0.222 e. The van der Waals surface area contributed by atoms with Crippen molar-refractivity contribution in [3.05, 3.63) is 0 Å². The number of carbonyl (C=O) groups is 1. The van der Waals surface area contributed by atoms with Gasteiger partial charge in [-0.05, 0) is 43.9 Å². The Morgan fingerprint density at radius 3 is 2.65 bits per heavy atom. The zero-order chi connectivity index (χ0) is 13.7. The quantitative estimate of drug-likeness (QED) is 0.866. The van der Waals surface area contributed by atoms with E-state index in [1.54, 1.807) is 0 Å². The van der Waals surface area contributed by atoms with E-state index >= 15 is 0 Å². The van der Waals surface area contributed by atoms with Crippen molar-refractivity contribution >= 4 is 18.3 Å². The van der Waals surface area contributed by atoms with E-state index in [0.717, 1.165) is 45.4 Å². The third kappa shape index (κ3) is 4.61. The third-order valence-electron chi connectivity index (χ3n) is 4.78. The largest absolute Gasteiger partial charge is 0.381 e. The second kappa shape index (κ2) is 8.85. The van der Waals surface area contributed by atoms with Crippen molar-refractivity contribution in [2.24, 2.45) is 17.6 Å². The number of amides is 1. The molecule has 0 aromatic carbocycles. The number of nitrogens with zero attached hydrogens (tertiary/aromatic N) is 1. The van der Waals surface area contributed by atoms with Crippen LogP contribution >= 0.6 is 12.4 Å². The lowest BCUT2D eigenvalue weighted by atomic mass is 9.89. The average molecular weight is 305 g/mol. The van der Waals surface area contributed by atoms with Gasteiger partial charge in [0.1, 0.15) is 0 Å². The minimum atomic E-state index is 0. The molecule has 0 aromatic heterocycles. The topological polar surface area (TPSA) is 55.6 Å². The first-order chi connectivity index (χ1) is 9.22. The molecule has 4 nitrogen and oxygen atoms in total. The van der Waals surface area contributed by atoms with Crippen LogP contribution < -0.4 is 5.73 Å². The van der Waals surface area contributed by atoms with Gasteiger partial charge in [-0.3, -0.25) is 4.79 Å². The Hall–Kier alpha value is -0.320. The van der Waals surface area contributed by atoms with Crippen LogP contribution in [0.25, 0.3) is 0 Å². The highest BCUT2D eigenvalue weighted by atomic mass is 35.5. The van der Waals surface area contributed by atoms with Crippen molar-refractivity contribution in [1.29, 1.82) is 0 Å². The number of likely N-dealkylation sites (tertiary alicyclic amines) is 1. The Morgan fingerprint density at radius 1 is 1.30 bits per heavy atom. The molecule has 2 saturated heterocycles. The lowest BCUT2D eigenvalue weighted by molar-refractivity contribution is -0.136. The van der Waals surface area contributed by atoms with Crippen molar-refractivity contribution in [3.8, 4) is 0 Å². The van der Waals surface area contributed by atoms with Gasteiger partial charge in [0.05, 0.1) is 0 Å². The molecule has 0 spiro atoms. The van der Waals surface area contributed by atoms with E-state index in [1.165, 1.54) is 6.42 Å². The molecule has 5 heteroatoms. The van der Waals surface area contributed by atoms with Crippen molar-refractivity contribution in [3.63, 3.8) is 0 Å². The number of halogens is 1. The fourth-order valence-electron chi connectivity index (χ4n) is 3.42. The van der Waals surface area contributed by atoms with E-state index in [2.05, 4.69) is 6.92 Å². The SMILES string of the molecule is CC1CCCN(C(=O)CCC2CCOCC2)C1CN.Cl. The number of carbonyl (C=O) groups excluding carboxylic acids is 1. The summed E-state index contributed by atoms with van der Waals surface area (Å²) in [7, 11) is 0. The Bertz CT molecular complexity index is 296. The first-order valence-corrected chi connectivity index (χ1v) is 7.79. The lowest BCUT2D eigenvalue weighted by Gasteiger charge is -2.39. The van der Waals surface area contributed by atoms with E-state index in [9.17, 15) is 4.79 Å². The predicted octanol–water partition coefficient (Wildman–Crippen LogP) is 2.20. The summed E-state index contributed by atoms with van der Waals surface area (Å²) in [6, 6.07) is 0.260. The van der Waals surface area contributed by atoms with E-state index in [1.807, 2.05) is 4.90 Å². The molecular formula is C15H29ClN2O2. The Kier molecular flexibility index (Phi) is 7.85. The molecule has 2 rings (SSSR count). The highest BCUT2D eigenvalue weighted by molar-refractivity contribution is 5.85. The summed E-state index contributed by atoms with van der Waals surface area (Å²) in [5, 5.41) is 0. The Morgan fingerprint density at radius 2 is 2.00 bits per heavy atom. The number of ether oxygens (including phenoxy) is 1. The second-order valence-corrected chi connectivity index (χ2v) is 6.10. The maximum absolute atomic E-state index is 12.4.